The lowest BCUT2D eigenvalue weighted by Crippen LogP contribution is -2.44. The van der Waals surface area contributed by atoms with E-state index in [4.69, 9.17) is 4.74 Å². The number of nitro groups is 1. The van der Waals surface area contributed by atoms with Gasteiger partial charge in [0.25, 0.3) is 5.69 Å². The van der Waals surface area contributed by atoms with Gasteiger partial charge in [-0.1, -0.05) is 0 Å². The Morgan fingerprint density at radius 2 is 2.18 bits per heavy atom. The maximum Gasteiger partial charge on any atom is 0.292 e. The Labute approximate surface area is 128 Å². The number of likely N-dealkylation sites (N-methyl/N-ethyl adjacent to an activating group) is 1. The van der Waals surface area contributed by atoms with Crippen LogP contribution in [0.2, 0.25) is 0 Å². The molecule has 8 heteroatoms. The van der Waals surface area contributed by atoms with E-state index in [0.29, 0.717) is 19.8 Å². The Morgan fingerprint density at radius 3 is 2.82 bits per heavy atom. The molecule has 7 nitrogen and oxygen atoms in total. The van der Waals surface area contributed by atoms with Crippen LogP contribution in [-0.2, 0) is 4.74 Å². The first kappa shape index (κ1) is 16.6. The standard InChI is InChI=1S/C14H20FN3O4/c1-16(9-12(19)10-17-4-6-22-7-5-17)14-8-11(15)2-3-13(14)18(20)21/h2-3,8,12,19H,4-7,9-10H2,1H3. The zero-order valence-corrected chi connectivity index (χ0v) is 12.4. The Balaban J connectivity index is 2.00. The summed E-state index contributed by atoms with van der Waals surface area (Å²) in [5, 5.41) is 21.2. The van der Waals surface area contributed by atoms with Gasteiger partial charge in [0.1, 0.15) is 11.5 Å². The van der Waals surface area contributed by atoms with E-state index in [1.54, 1.807) is 7.05 Å². The number of benzene rings is 1. The number of aliphatic hydroxyl groups is 1. The van der Waals surface area contributed by atoms with Crippen molar-refractivity contribution in [2.75, 3.05) is 51.3 Å². The van der Waals surface area contributed by atoms with Crippen molar-refractivity contribution in [3.05, 3.63) is 34.1 Å². The third-order valence-corrected chi connectivity index (χ3v) is 3.60. The molecule has 1 saturated heterocycles. The van der Waals surface area contributed by atoms with E-state index in [1.807, 2.05) is 0 Å². The molecule has 1 aliphatic rings. The van der Waals surface area contributed by atoms with E-state index < -0.39 is 16.8 Å². The topological polar surface area (TPSA) is 79.1 Å². The summed E-state index contributed by atoms with van der Waals surface area (Å²) in [5.74, 6) is -0.546. The highest BCUT2D eigenvalue weighted by atomic mass is 19.1. The first-order valence-corrected chi connectivity index (χ1v) is 7.10. The van der Waals surface area contributed by atoms with E-state index in [2.05, 4.69) is 4.90 Å². The number of aliphatic hydroxyl groups excluding tert-OH is 1. The highest BCUT2D eigenvalue weighted by Crippen LogP contribution is 2.28. The van der Waals surface area contributed by atoms with Crippen LogP contribution in [0.3, 0.4) is 0 Å². The first-order valence-electron chi connectivity index (χ1n) is 7.10. The van der Waals surface area contributed by atoms with Crippen LogP contribution in [-0.4, -0.2) is 67.5 Å². The van der Waals surface area contributed by atoms with Crippen LogP contribution in [0.1, 0.15) is 0 Å². The predicted molar refractivity (Wildman–Crippen MR) is 79.6 cm³/mol. The molecular weight excluding hydrogens is 293 g/mol. The molecule has 0 radical (unpaired) electrons. The summed E-state index contributed by atoms with van der Waals surface area (Å²) in [6.07, 6.45) is -0.689. The molecule has 0 bridgehead atoms. The van der Waals surface area contributed by atoms with Gasteiger partial charge in [0, 0.05) is 45.4 Å². The van der Waals surface area contributed by atoms with Crippen LogP contribution >= 0.6 is 0 Å². The molecule has 0 saturated carbocycles. The number of halogens is 1. The lowest BCUT2D eigenvalue weighted by molar-refractivity contribution is -0.384. The van der Waals surface area contributed by atoms with Crippen molar-refractivity contribution in [3.63, 3.8) is 0 Å². The molecule has 1 aromatic rings. The van der Waals surface area contributed by atoms with Gasteiger partial charge in [0.2, 0.25) is 0 Å². The van der Waals surface area contributed by atoms with Crippen molar-refractivity contribution >= 4 is 11.4 Å². The average molecular weight is 313 g/mol. The van der Waals surface area contributed by atoms with Crippen LogP contribution < -0.4 is 4.90 Å². The van der Waals surface area contributed by atoms with Gasteiger partial charge in [-0.15, -0.1) is 0 Å². The minimum atomic E-state index is -0.689. The lowest BCUT2D eigenvalue weighted by atomic mass is 10.2. The van der Waals surface area contributed by atoms with Crippen molar-refractivity contribution in [1.29, 1.82) is 0 Å². The van der Waals surface area contributed by atoms with E-state index >= 15 is 0 Å². The summed E-state index contributed by atoms with van der Waals surface area (Å²) in [7, 11) is 1.60. The van der Waals surface area contributed by atoms with Crippen molar-refractivity contribution in [3.8, 4) is 0 Å². The normalized spacial score (nSPS) is 17.2. The summed E-state index contributed by atoms with van der Waals surface area (Å²) in [5.41, 5.74) is -0.0199. The fourth-order valence-electron chi connectivity index (χ4n) is 2.51. The zero-order chi connectivity index (χ0) is 16.1. The molecule has 1 heterocycles. The summed E-state index contributed by atoms with van der Waals surface area (Å²) in [6, 6.07) is 3.30. The Hall–Kier alpha value is -1.77. The summed E-state index contributed by atoms with van der Waals surface area (Å²) >= 11 is 0. The monoisotopic (exact) mass is 313 g/mol. The molecule has 2 rings (SSSR count). The number of β-amino-alcohol motifs (C(OH)–C–C–N with tert-alkyl or cyclic N) is 1. The fourth-order valence-corrected chi connectivity index (χ4v) is 2.51. The number of anilines is 1. The van der Waals surface area contributed by atoms with Gasteiger partial charge in [-0.25, -0.2) is 4.39 Å². The lowest BCUT2D eigenvalue weighted by Gasteiger charge is -2.30. The minimum absolute atomic E-state index is 0.158. The molecule has 0 amide bonds. The summed E-state index contributed by atoms with van der Waals surface area (Å²) < 4.78 is 18.6. The van der Waals surface area contributed by atoms with Crippen molar-refractivity contribution in [2.24, 2.45) is 0 Å². The number of rotatable bonds is 6. The quantitative estimate of drug-likeness (QED) is 0.620. The molecule has 122 valence electrons. The molecule has 0 aromatic heterocycles. The van der Waals surface area contributed by atoms with Gasteiger partial charge in [0.05, 0.1) is 24.2 Å². The Bertz CT molecular complexity index is 523. The smallest absolute Gasteiger partial charge is 0.292 e. The Kier molecular flexibility index (Phi) is 5.64. The molecule has 1 aromatic carbocycles. The zero-order valence-electron chi connectivity index (χ0n) is 12.4. The van der Waals surface area contributed by atoms with Crippen molar-refractivity contribution in [1.82, 2.24) is 4.90 Å². The highest BCUT2D eigenvalue weighted by molar-refractivity contribution is 5.62. The third kappa shape index (κ3) is 4.36. The maximum absolute atomic E-state index is 13.3. The molecule has 1 atom stereocenters. The molecule has 0 spiro atoms. The number of hydrogen-bond acceptors (Lipinski definition) is 6. The van der Waals surface area contributed by atoms with Gasteiger partial charge in [-0.3, -0.25) is 15.0 Å². The van der Waals surface area contributed by atoms with E-state index in [9.17, 15) is 19.6 Å². The SMILES string of the molecule is CN(CC(O)CN1CCOCC1)c1cc(F)ccc1[N+](=O)[O-]. The second-order valence-electron chi connectivity index (χ2n) is 5.34. The number of ether oxygens (including phenoxy) is 1. The highest BCUT2D eigenvalue weighted by Gasteiger charge is 2.21. The number of nitro benzene ring substituents is 1. The van der Waals surface area contributed by atoms with Gasteiger partial charge < -0.3 is 14.7 Å². The van der Waals surface area contributed by atoms with E-state index in [0.717, 1.165) is 31.3 Å². The number of nitrogens with zero attached hydrogens (tertiary/aromatic N) is 3. The summed E-state index contributed by atoms with van der Waals surface area (Å²) in [6.45, 7) is 3.41. The Morgan fingerprint density at radius 1 is 1.50 bits per heavy atom. The second kappa shape index (κ2) is 7.48. The number of hydrogen-bond donors (Lipinski definition) is 1. The molecule has 22 heavy (non-hydrogen) atoms. The number of morpholine rings is 1. The molecule has 1 fully saturated rings. The summed E-state index contributed by atoms with van der Waals surface area (Å²) in [4.78, 5) is 14.0. The molecular formula is C14H20FN3O4. The fraction of sp³-hybridized carbons (Fsp3) is 0.571. The van der Waals surface area contributed by atoms with E-state index in [-0.39, 0.29) is 17.9 Å². The van der Waals surface area contributed by atoms with Crippen LogP contribution in [0, 0.1) is 15.9 Å². The molecule has 1 unspecified atom stereocenters. The van der Waals surface area contributed by atoms with Crippen LogP contribution in [0.15, 0.2) is 18.2 Å². The van der Waals surface area contributed by atoms with Gasteiger partial charge in [-0.05, 0) is 6.07 Å². The van der Waals surface area contributed by atoms with Crippen molar-refractivity contribution in [2.45, 2.75) is 6.10 Å². The third-order valence-electron chi connectivity index (χ3n) is 3.60. The predicted octanol–water partition coefficient (Wildman–Crippen LogP) is 0.863. The first-order chi connectivity index (χ1) is 10.5. The van der Waals surface area contributed by atoms with Crippen LogP contribution in [0.4, 0.5) is 15.8 Å². The second-order valence-corrected chi connectivity index (χ2v) is 5.34. The molecule has 0 aliphatic carbocycles. The molecule has 1 N–H and O–H groups in total. The maximum atomic E-state index is 13.3. The van der Waals surface area contributed by atoms with Gasteiger partial charge in [0.15, 0.2) is 0 Å². The van der Waals surface area contributed by atoms with E-state index in [1.165, 1.54) is 4.90 Å². The minimum Gasteiger partial charge on any atom is -0.390 e. The average Bonchev–Trinajstić information content (AvgIpc) is 2.47. The van der Waals surface area contributed by atoms with Crippen molar-refractivity contribution < 1.29 is 19.2 Å². The van der Waals surface area contributed by atoms with Gasteiger partial charge in [-0.2, -0.15) is 0 Å². The van der Waals surface area contributed by atoms with Crippen LogP contribution in [0.5, 0.6) is 0 Å². The largest absolute Gasteiger partial charge is 0.390 e. The van der Waals surface area contributed by atoms with Gasteiger partial charge >= 0.3 is 0 Å². The van der Waals surface area contributed by atoms with Crippen LogP contribution in [0.25, 0.3) is 0 Å². The molecule has 1 aliphatic heterocycles.